The second-order valence-electron chi connectivity index (χ2n) is 4.98. The normalized spacial score (nSPS) is 17.1. The average Bonchev–Trinajstić information content (AvgIpc) is 2.79. The van der Waals surface area contributed by atoms with E-state index in [1.165, 1.54) is 0 Å². The van der Waals surface area contributed by atoms with Gasteiger partial charge in [0.1, 0.15) is 6.10 Å². The number of ether oxygens (including phenoxy) is 2. The van der Waals surface area contributed by atoms with E-state index in [1.807, 2.05) is 6.92 Å². The summed E-state index contributed by atoms with van der Waals surface area (Å²) < 4.78 is 10.2. The first kappa shape index (κ1) is 15.0. The summed E-state index contributed by atoms with van der Waals surface area (Å²) in [7, 11) is 0. The Kier molecular flexibility index (Phi) is 4.58. The molecule has 0 amide bonds. The first-order chi connectivity index (χ1) is 10.0. The first-order valence-electron chi connectivity index (χ1n) is 6.86. The Hall–Kier alpha value is -2.36. The van der Waals surface area contributed by atoms with Gasteiger partial charge in [-0.3, -0.25) is 0 Å². The quantitative estimate of drug-likeness (QED) is 0.616. The molecule has 0 saturated carbocycles. The van der Waals surface area contributed by atoms with Crippen molar-refractivity contribution in [3.8, 4) is 0 Å². The van der Waals surface area contributed by atoms with Crippen molar-refractivity contribution in [2.24, 2.45) is 0 Å². The van der Waals surface area contributed by atoms with Crippen molar-refractivity contribution >= 4 is 17.5 Å². The third kappa shape index (κ3) is 3.60. The van der Waals surface area contributed by atoms with Gasteiger partial charge < -0.3 is 9.47 Å². The fourth-order valence-electron chi connectivity index (χ4n) is 2.15. The molecule has 1 aromatic carbocycles. The molecule has 0 N–H and O–H groups in total. The molecule has 110 valence electrons. The molecule has 4 heteroatoms. The van der Waals surface area contributed by atoms with Gasteiger partial charge in [-0.25, -0.2) is 9.59 Å². The van der Waals surface area contributed by atoms with E-state index in [2.05, 4.69) is 6.58 Å². The third-order valence-electron chi connectivity index (χ3n) is 3.09. The number of hydrogen-bond acceptors (Lipinski definition) is 4. The van der Waals surface area contributed by atoms with E-state index in [-0.39, 0.29) is 18.0 Å². The molecule has 4 nitrogen and oxygen atoms in total. The fourth-order valence-corrected chi connectivity index (χ4v) is 2.15. The van der Waals surface area contributed by atoms with Gasteiger partial charge in [0.2, 0.25) is 0 Å². The molecular formula is C17H18O4. The Labute approximate surface area is 124 Å². The number of benzene rings is 1. The zero-order valence-corrected chi connectivity index (χ0v) is 12.2. The van der Waals surface area contributed by atoms with Crippen LogP contribution in [0.1, 0.15) is 36.2 Å². The van der Waals surface area contributed by atoms with Gasteiger partial charge >= 0.3 is 11.9 Å². The van der Waals surface area contributed by atoms with Crippen LogP contribution in [0.2, 0.25) is 0 Å². The van der Waals surface area contributed by atoms with Crippen molar-refractivity contribution in [2.75, 3.05) is 6.61 Å². The fraction of sp³-hybridized carbons (Fsp3) is 0.294. The molecule has 0 radical (unpaired) electrons. The molecule has 0 unspecified atom stereocenters. The summed E-state index contributed by atoms with van der Waals surface area (Å²) in [5.41, 5.74) is 2.68. The van der Waals surface area contributed by atoms with Crippen molar-refractivity contribution < 1.29 is 19.1 Å². The minimum atomic E-state index is -0.368. The highest BCUT2D eigenvalue weighted by Crippen LogP contribution is 2.27. The molecule has 1 aliphatic rings. The lowest BCUT2D eigenvalue weighted by Gasteiger charge is -2.06. The first-order valence-corrected chi connectivity index (χ1v) is 6.86. The monoisotopic (exact) mass is 286 g/mol. The minimum Gasteiger partial charge on any atom is -0.462 e. The summed E-state index contributed by atoms with van der Waals surface area (Å²) in [4.78, 5) is 23.5. The lowest BCUT2D eigenvalue weighted by Crippen LogP contribution is -2.08. The number of rotatable bonds is 5. The summed E-state index contributed by atoms with van der Waals surface area (Å²) in [6, 6.07) is 6.74. The van der Waals surface area contributed by atoms with Crippen LogP contribution in [0, 0.1) is 0 Å². The van der Waals surface area contributed by atoms with E-state index >= 15 is 0 Å². The van der Waals surface area contributed by atoms with Crippen LogP contribution in [0.3, 0.4) is 0 Å². The van der Waals surface area contributed by atoms with Gasteiger partial charge in [-0.2, -0.15) is 0 Å². The second kappa shape index (κ2) is 6.39. The minimum absolute atomic E-state index is 0.255. The molecule has 0 aliphatic carbocycles. The molecule has 2 rings (SSSR count). The van der Waals surface area contributed by atoms with Crippen molar-refractivity contribution in [3.05, 3.63) is 53.6 Å². The van der Waals surface area contributed by atoms with Crippen LogP contribution in [0.15, 0.2) is 42.5 Å². The van der Waals surface area contributed by atoms with Crippen LogP contribution in [0.25, 0.3) is 5.57 Å². The molecule has 1 atom stereocenters. The molecule has 1 aliphatic heterocycles. The predicted molar refractivity (Wildman–Crippen MR) is 79.7 cm³/mol. The highest BCUT2D eigenvalue weighted by Gasteiger charge is 2.26. The molecule has 0 bridgehead atoms. The molecule has 1 heterocycles. The van der Waals surface area contributed by atoms with Crippen molar-refractivity contribution in [3.63, 3.8) is 0 Å². The van der Waals surface area contributed by atoms with Crippen LogP contribution in [-0.4, -0.2) is 24.6 Å². The van der Waals surface area contributed by atoms with Crippen molar-refractivity contribution in [2.45, 2.75) is 26.4 Å². The average molecular weight is 286 g/mol. The molecule has 0 saturated heterocycles. The van der Waals surface area contributed by atoms with Gasteiger partial charge in [0.15, 0.2) is 0 Å². The highest BCUT2D eigenvalue weighted by atomic mass is 16.5. The van der Waals surface area contributed by atoms with Crippen LogP contribution >= 0.6 is 0 Å². The van der Waals surface area contributed by atoms with Gasteiger partial charge in [0, 0.05) is 6.42 Å². The van der Waals surface area contributed by atoms with E-state index in [4.69, 9.17) is 9.47 Å². The highest BCUT2D eigenvalue weighted by molar-refractivity contribution is 6.18. The van der Waals surface area contributed by atoms with Crippen molar-refractivity contribution in [1.82, 2.24) is 0 Å². The Morgan fingerprint density at radius 1 is 1.33 bits per heavy atom. The molecule has 0 aromatic heterocycles. The van der Waals surface area contributed by atoms with Crippen molar-refractivity contribution in [1.29, 1.82) is 0 Å². The Balaban J connectivity index is 2.16. The van der Waals surface area contributed by atoms with Crippen LogP contribution in [0.5, 0.6) is 0 Å². The summed E-state index contributed by atoms with van der Waals surface area (Å²) in [6.45, 7) is 7.81. The van der Waals surface area contributed by atoms with Crippen LogP contribution in [0.4, 0.5) is 0 Å². The Morgan fingerprint density at radius 3 is 2.57 bits per heavy atom. The lowest BCUT2D eigenvalue weighted by atomic mass is 10.0. The number of carbonyl (C=O) groups is 2. The molecular weight excluding hydrogens is 268 g/mol. The number of hydrogen-bond donors (Lipinski definition) is 0. The summed E-state index contributed by atoms with van der Waals surface area (Å²) in [5.74, 6) is -0.711. The van der Waals surface area contributed by atoms with Crippen LogP contribution < -0.4 is 0 Å². The van der Waals surface area contributed by atoms with E-state index < -0.39 is 0 Å². The zero-order chi connectivity index (χ0) is 15.4. The Morgan fingerprint density at radius 2 is 2.00 bits per heavy atom. The molecule has 1 aromatic rings. The molecule has 21 heavy (non-hydrogen) atoms. The second-order valence-corrected chi connectivity index (χ2v) is 4.98. The standard InChI is InChI=1S/C17H18O4/c1-4-20-16(18)13-7-5-12(6-8-13)15-10-14(9-11(2)3)21-17(15)19/h5-8,10,14H,2,4,9H2,1,3H3/t14-/m1/s1. The third-order valence-corrected chi connectivity index (χ3v) is 3.09. The summed E-state index contributed by atoms with van der Waals surface area (Å²) in [6.07, 6.45) is 2.17. The number of esters is 2. The van der Waals surface area contributed by atoms with Gasteiger partial charge in [0.05, 0.1) is 17.7 Å². The lowest BCUT2D eigenvalue weighted by molar-refractivity contribution is -0.137. The van der Waals surface area contributed by atoms with Gasteiger partial charge in [-0.1, -0.05) is 24.3 Å². The maximum absolute atomic E-state index is 11.9. The summed E-state index contributed by atoms with van der Waals surface area (Å²) in [5, 5.41) is 0. The summed E-state index contributed by atoms with van der Waals surface area (Å²) >= 11 is 0. The van der Waals surface area contributed by atoms with Gasteiger partial charge in [0.25, 0.3) is 0 Å². The van der Waals surface area contributed by atoms with E-state index in [9.17, 15) is 9.59 Å². The molecule has 0 spiro atoms. The molecule has 0 fully saturated rings. The van der Waals surface area contributed by atoms with Gasteiger partial charge in [-0.15, -0.1) is 0 Å². The van der Waals surface area contributed by atoms with Gasteiger partial charge in [-0.05, 0) is 37.6 Å². The van der Waals surface area contributed by atoms with E-state index in [1.54, 1.807) is 37.3 Å². The smallest absolute Gasteiger partial charge is 0.339 e. The SMILES string of the molecule is C=C(C)C[C@@H]1C=C(c2ccc(C(=O)OCC)cc2)C(=O)O1. The van der Waals surface area contributed by atoms with E-state index in [0.717, 1.165) is 11.1 Å². The topological polar surface area (TPSA) is 52.6 Å². The maximum Gasteiger partial charge on any atom is 0.339 e. The Bertz CT molecular complexity index is 596. The van der Waals surface area contributed by atoms with Crippen LogP contribution in [-0.2, 0) is 14.3 Å². The zero-order valence-electron chi connectivity index (χ0n) is 12.2. The maximum atomic E-state index is 11.9. The van der Waals surface area contributed by atoms with E-state index in [0.29, 0.717) is 24.2 Å². The predicted octanol–water partition coefficient (Wildman–Crippen LogP) is 3.14. The number of cyclic esters (lactones) is 1. The number of carbonyl (C=O) groups excluding carboxylic acids is 2. The largest absolute Gasteiger partial charge is 0.462 e.